The largest absolute Gasteiger partial charge is 0.491 e. The SMILES string of the molecule is COCCCOCCOc1cccc(N2CCNCC2)c1. The molecule has 21 heavy (non-hydrogen) atoms. The van der Waals surface area contributed by atoms with E-state index in [-0.39, 0.29) is 0 Å². The van der Waals surface area contributed by atoms with Crippen LogP contribution in [-0.4, -0.2) is 59.7 Å². The maximum absolute atomic E-state index is 5.75. The lowest BCUT2D eigenvalue weighted by atomic mass is 10.2. The average molecular weight is 294 g/mol. The highest BCUT2D eigenvalue weighted by Gasteiger charge is 2.10. The van der Waals surface area contributed by atoms with E-state index >= 15 is 0 Å². The van der Waals surface area contributed by atoms with Crippen molar-refractivity contribution in [3.8, 4) is 5.75 Å². The zero-order chi connectivity index (χ0) is 14.8. The molecule has 0 radical (unpaired) electrons. The van der Waals surface area contributed by atoms with Gasteiger partial charge in [0.25, 0.3) is 0 Å². The molecule has 1 saturated heterocycles. The summed E-state index contributed by atoms with van der Waals surface area (Å²) in [6.07, 6.45) is 0.926. The molecule has 5 heteroatoms. The molecule has 0 amide bonds. The summed E-state index contributed by atoms with van der Waals surface area (Å²) < 4.78 is 16.2. The van der Waals surface area contributed by atoms with Gasteiger partial charge in [-0.05, 0) is 18.6 Å². The van der Waals surface area contributed by atoms with E-state index in [9.17, 15) is 0 Å². The van der Waals surface area contributed by atoms with Gasteiger partial charge in [-0.25, -0.2) is 0 Å². The van der Waals surface area contributed by atoms with Crippen LogP contribution in [0.5, 0.6) is 5.75 Å². The van der Waals surface area contributed by atoms with Crippen LogP contribution < -0.4 is 15.0 Å². The molecule has 0 aromatic heterocycles. The second kappa shape index (κ2) is 9.60. The van der Waals surface area contributed by atoms with E-state index in [1.54, 1.807) is 7.11 Å². The molecular formula is C16H26N2O3. The monoisotopic (exact) mass is 294 g/mol. The molecule has 0 atom stereocenters. The van der Waals surface area contributed by atoms with Gasteiger partial charge in [0.1, 0.15) is 12.4 Å². The van der Waals surface area contributed by atoms with Crippen molar-refractivity contribution >= 4 is 5.69 Å². The predicted octanol–water partition coefficient (Wildman–Crippen LogP) is 1.53. The standard InChI is InChI=1S/C16H26N2O3/c1-19-10-3-11-20-12-13-21-16-5-2-4-15(14-16)18-8-6-17-7-9-18/h2,4-5,14,17H,3,6-13H2,1H3. The van der Waals surface area contributed by atoms with Gasteiger partial charge in [-0.2, -0.15) is 0 Å². The Morgan fingerprint density at radius 1 is 1.10 bits per heavy atom. The van der Waals surface area contributed by atoms with Crippen LogP contribution in [0.3, 0.4) is 0 Å². The van der Waals surface area contributed by atoms with Crippen LogP contribution in [0.1, 0.15) is 6.42 Å². The first-order valence-corrected chi connectivity index (χ1v) is 7.65. The molecule has 1 fully saturated rings. The summed E-state index contributed by atoms with van der Waals surface area (Å²) in [6.45, 7) is 6.84. The van der Waals surface area contributed by atoms with E-state index in [0.29, 0.717) is 13.2 Å². The quantitative estimate of drug-likeness (QED) is 0.700. The number of methoxy groups -OCH3 is 1. The molecule has 0 spiro atoms. The topological polar surface area (TPSA) is 43.0 Å². The first kappa shape index (κ1) is 16.1. The third kappa shape index (κ3) is 5.91. The number of nitrogens with one attached hydrogen (secondary N) is 1. The number of hydrogen-bond acceptors (Lipinski definition) is 5. The summed E-state index contributed by atoms with van der Waals surface area (Å²) in [5, 5.41) is 3.36. The highest BCUT2D eigenvalue weighted by Crippen LogP contribution is 2.21. The Morgan fingerprint density at radius 3 is 2.76 bits per heavy atom. The Hall–Kier alpha value is -1.30. The first-order chi connectivity index (χ1) is 10.4. The van der Waals surface area contributed by atoms with Crippen LogP contribution in [0.25, 0.3) is 0 Å². The Balaban J connectivity index is 1.68. The maximum Gasteiger partial charge on any atom is 0.121 e. The van der Waals surface area contributed by atoms with Gasteiger partial charge in [0.05, 0.1) is 6.61 Å². The maximum atomic E-state index is 5.75. The van der Waals surface area contributed by atoms with Crippen LogP contribution in [0.4, 0.5) is 5.69 Å². The van der Waals surface area contributed by atoms with Crippen molar-refractivity contribution in [1.82, 2.24) is 5.32 Å². The van der Waals surface area contributed by atoms with E-state index in [1.165, 1.54) is 5.69 Å². The third-order valence-corrected chi connectivity index (χ3v) is 3.43. The molecule has 0 aliphatic carbocycles. The molecule has 1 aromatic rings. The molecule has 1 aromatic carbocycles. The normalized spacial score (nSPS) is 15.2. The van der Waals surface area contributed by atoms with E-state index in [4.69, 9.17) is 14.2 Å². The van der Waals surface area contributed by atoms with Crippen LogP contribution in [-0.2, 0) is 9.47 Å². The summed E-state index contributed by atoms with van der Waals surface area (Å²) in [5.74, 6) is 0.909. The van der Waals surface area contributed by atoms with E-state index in [0.717, 1.165) is 51.6 Å². The molecule has 1 aliphatic heterocycles. The number of benzene rings is 1. The molecule has 2 rings (SSSR count). The lowest BCUT2D eigenvalue weighted by Gasteiger charge is -2.29. The zero-order valence-electron chi connectivity index (χ0n) is 12.8. The highest BCUT2D eigenvalue weighted by atomic mass is 16.5. The summed E-state index contributed by atoms with van der Waals surface area (Å²) in [4.78, 5) is 2.38. The third-order valence-electron chi connectivity index (χ3n) is 3.43. The first-order valence-electron chi connectivity index (χ1n) is 7.65. The van der Waals surface area contributed by atoms with Crippen LogP contribution in [0.15, 0.2) is 24.3 Å². The molecule has 1 aliphatic rings. The summed E-state index contributed by atoms with van der Waals surface area (Å²) in [7, 11) is 1.70. The minimum Gasteiger partial charge on any atom is -0.491 e. The fraction of sp³-hybridized carbons (Fsp3) is 0.625. The van der Waals surface area contributed by atoms with Gasteiger partial charge in [-0.15, -0.1) is 0 Å². The zero-order valence-corrected chi connectivity index (χ0v) is 12.8. The number of hydrogen-bond donors (Lipinski definition) is 1. The molecule has 1 N–H and O–H groups in total. The summed E-state index contributed by atoms with van der Waals surface area (Å²) >= 11 is 0. The molecule has 0 bridgehead atoms. The van der Waals surface area contributed by atoms with Gasteiger partial charge in [0, 0.05) is 58.3 Å². The Bertz CT molecular complexity index is 395. The Morgan fingerprint density at radius 2 is 1.95 bits per heavy atom. The number of nitrogens with zero attached hydrogens (tertiary/aromatic N) is 1. The number of anilines is 1. The predicted molar refractivity (Wildman–Crippen MR) is 84.3 cm³/mol. The molecule has 5 nitrogen and oxygen atoms in total. The Labute approximate surface area is 127 Å². The van der Waals surface area contributed by atoms with Gasteiger partial charge < -0.3 is 24.4 Å². The second-order valence-electron chi connectivity index (χ2n) is 5.04. The molecular weight excluding hydrogens is 268 g/mol. The van der Waals surface area contributed by atoms with Gasteiger partial charge in [0.2, 0.25) is 0 Å². The van der Waals surface area contributed by atoms with Gasteiger partial charge in [-0.3, -0.25) is 0 Å². The van der Waals surface area contributed by atoms with Gasteiger partial charge in [-0.1, -0.05) is 6.07 Å². The van der Waals surface area contributed by atoms with Crippen molar-refractivity contribution < 1.29 is 14.2 Å². The van der Waals surface area contributed by atoms with Crippen molar-refractivity contribution in [2.24, 2.45) is 0 Å². The fourth-order valence-electron chi connectivity index (χ4n) is 2.32. The van der Waals surface area contributed by atoms with Crippen molar-refractivity contribution in [2.75, 3.05) is 64.6 Å². The molecule has 118 valence electrons. The van der Waals surface area contributed by atoms with Gasteiger partial charge >= 0.3 is 0 Å². The lowest BCUT2D eigenvalue weighted by Crippen LogP contribution is -2.43. The van der Waals surface area contributed by atoms with Crippen molar-refractivity contribution in [3.05, 3.63) is 24.3 Å². The van der Waals surface area contributed by atoms with Crippen LogP contribution in [0.2, 0.25) is 0 Å². The van der Waals surface area contributed by atoms with Crippen molar-refractivity contribution in [2.45, 2.75) is 6.42 Å². The van der Waals surface area contributed by atoms with Crippen LogP contribution in [0, 0.1) is 0 Å². The molecule has 0 unspecified atom stereocenters. The van der Waals surface area contributed by atoms with E-state index < -0.39 is 0 Å². The number of ether oxygens (including phenoxy) is 3. The summed E-state index contributed by atoms with van der Waals surface area (Å²) in [6, 6.07) is 8.29. The summed E-state index contributed by atoms with van der Waals surface area (Å²) in [5.41, 5.74) is 1.23. The van der Waals surface area contributed by atoms with Gasteiger partial charge in [0.15, 0.2) is 0 Å². The average Bonchev–Trinajstić information content (AvgIpc) is 2.55. The highest BCUT2D eigenvalue weighted by molar-refractivity contribution is 5.51. The fourth-order valence-corrected chi connectivity index (χ4v) is 2.32. The smallest absolute Gasteiger partial charge is 0.121 e. The van der Waals surface area contributed by atoms with Crippen molar-refractivity contribution in [3.63, 3.8) is 0 Å². The molecule has 1 heterocycles. The lowest BCUT2D eigenvalue weighted by molar-refractivity contribution is 0.0806. The van der Waals surface area contributed by atoms with Crippen LogP contribution >= 0.6 is 0 Å². The molecule has 0 saturated carbocycles. The minimum absolute atomic E-state index is 0.581. The van der Waals surface area contributed by atoms with E-state index in [1.807, 2.05) is 12.1 Å². The van der Waals surface area contributed by atoms with Crippen molar-refractivity contribution in [1.29, 1.82) is 0 Å². The number of piperazine rings is 1. The Kier molecular flexibility index (Phi) is 7.35. The second-order valence-corrected chi connectivity index (χ2v) is 5.04. The van der Waals surface area contributed by atoms with E-state index in [2.05, 4.69) is 22.3 Å². The number of rotatable bonds is 9. The minimum atomic E-state index is 0.581.